The lowest BCUT2D eigenvalue weighted by Crippen LogP contribution is -2.38. The number of piperidine rings is 1. The van der Waals surface area contributed by atoms with Gasteiger partial charge in [0.2, 0.25) is 5.91 Å². The summed E-state index contributed by atoms with van der Waals surface area (Å²) >= 11 is 1.69. The standard InChI is InChI=1S/C24H26N4O2S/c1-30-20-7-3-17(4-8-20)22-11-12-23(27-26-22)28-15-13-18(14-16-28)24(29)25-19-5-9-21(31-2)10-6-19/h3-12,18H,13-16H2,1-2H3,(H,25,29). The number of methoxy groups -OCH3 is 1. The van der Waals surface area contributed by atoms with E-state index in [0.29, 0.717) is 0 Å². The molecule has 1 aromatic heterocycles. The zero-order chi connectivity index (χ0) is 21.6. The van der Waals surface area contributed by atoms with Crippen LogP contribution < -0.4 is 15.0 Å². The van der Waals surface area contributed by atoms with Crippen LogP contribution in [0.3, 0.4) is 0 Å². The number of rotatable bonds is 6. The number of thioether (sulfide) groups is 1. The average Bonchev–Trinajstić information content (AvgIpc) is 2.85. The molecule has 4 rings (SSSR count). The Kier molecular flexibility index (Phi) is 6.72. The lowest BCUT2D eigenvalue weighted by Gasteiger charge is -2.31. The van der Waals surface area contributed by atoms with E-state index in [1.54, 1.807) is 18.9 Å². The Morgan fingerprint density at radius 3 is 2.29 bits per heavy atom. The van der Waals surface area contributed by atoms with Crippen molar-refractivity contribution in [2.24, 2.45) is 5.92 Å². The van der Waals surface area contributed by atoms with E-state index in [9.17, 15) is 4.79 Å². The molecule has 1 aliphatic heterocycles. The normalized spacial score (nSPS) is 14.3. The minimum absolute atomic E-state index is 0.0167. The lowest BCUT2D eigenvalue weighted by atomic mass is 9.96. The van der Waals surface area contributed by atoms with E-state index in [1.165, 1.54) is 4.90 Å². The third-order valence-electron chi connectivity index (χ3n) is 5.58. The van der Waals surface area contributed by atoms with Crippen molar-refractivity contribution in [3.63, 3.8) is 0 Å². The zero-order valence-corrected chi connectivity index (χ0v) is 18.6. The van der Waals surface area contributed by atoms with Gasteiger partial charge >= 0.3 is 0 Å². The third-order valence-corrected chi connectivity index (χ3v) is 6.33. The molecule has 6 nitrogen and oxygen atoms in total. The first-order chi connectivity index (χ1) is 15.2. The lowest BCUT2D eigenvalue weighted by molar-refractivity contribution is -0.120. The summed E-state index contributed by atoms with van der Waals surface area (Å²) in [7, 11) is 1.65. The van der Waals surface area contributed by atoms with Gasteiger partial charge in [-0.15, -0.1) is 22.0 Å². The van der Waals surface area contributed by atoms with E-state index in [4.69, 9.17) is 4.74 Å². The molecule has 0 radical (unpaired) electrons. The van der Waals surface area contributed by atoms with Crippen LogP contribution in [0, 0.1) is 5.92 Å². The molecule has 0 saturated carbocycles. The summed E-state index contributed by atoms with van der Waals surface area (Å²) in [6.07, 6.45) is 3.64. The Bertz CT molecular complexity index is 999. The predicted octanol–water partition coefficient (Wildman–Crippen LogP) is 4.73. The number of ether oxygens (including phenoxy) is 1. The molecule has 2 heterocycles. The second-order valence-electron chi connectivity index (χ2n) is 7.48. The average molecular weight is 435 g/mol. The molecule has 0 aliphatic carbocycles. The minimum atomic E-state index is 0.0167. The highest BCUT2D eigenvalue weighted by Gasteiger charge is 2.26. The van der Waals surface area contributed by atoms with Gasteiger partial charge in [0.15, 0.2) is 5.82 Å². The molecule has 3 aromatic rings. The van der Waals surface area contributed by atoms with Crippen molar-refractivity contribution in [1.29, 1.82) is 0 Å². The van der Waals surface area contributed by atoms with Crippen LogP contribution in [0.25, 0.3) is 11.3 Å². The van der Waals surface area contributed by atoms with Crippen molar-refractivity contribution in [3.05, 3.63) is 60.7 Å². The van der Waals surface area contributed by atoms with E-state index in [0.717, 1.165) is 54.4 Å². The van der Waals surface area contributed by atoms with E-state index in [1.807, 2.05) is 66.9 Å². The van der Waals surface area contributed by atoms with Crippen LogP contribution in [0.5, 0.6) is 5.75 Å². The SMILES string of the molecule is COc1ccc(-c2ccc(N3CCC(C(=O)Nc4ccc(SC)cc4)CC3)nn2)cc1. The molecule has 160 valence electrons. The monoisotopic (exact) mass is 434 g/mol. The van der Waals surface area contributed by atoms with Crippen molar-refractivity contribution in [2.75, 3.05) is 36.7 Å². The molecular weight excluding hydrogens is 408 g/mol. The van der Waals surface area contributed by atoms with Crippen LogP contribution in [0.2, 0.25) is 0 Å². The Balaban J connectivity index is 1.32. The highest BCUT2D eigenvalue weighted by atomic mass is 32.2. The number of nitrogens with zero attached hydrogens (tertiary/aromatic N) is 3. The van der Waals surface area contributed by atoms with Gasteiger partial charge in [-0.3, -0.25) is 4.79 Å². The van der Waals surface area contributed by atoms with Crippen LogP contribution in [0.1, 0.15) is 12.8 Å². The number of hydrogen-bond acceptors (Lipinski definition) is 6. The fraction of sp³-hybridized carbons (Fsp3) is 0.292. The first kappa shape index (κ1) is 21.2. The fourth-order valence-electron chi connectivity index (χ4n) is 3.70. The molecule has 0 unspecified atom stereocenters. The number of carbonyl (C=O) groups excluding carboxylic acids is 1. The fourth-order valence-corrected chi connectivity index (χ4v) is 4.11. The molecule has 1 fully saturated rings. The Morgan fingerprint density at radius 1 is 1.00 bits per heavy atom. The molecule has 1 amide bonds. The zero-order valence-electron chi connectivity index (χ0n) is 17.7. The summed E-state index contributed by atoms with van der Waals surface area (Å²) in [5, 5.41) is 11.9. The third kappa shape index (κ3) is 5.17. The van der Waals surface area contributed by atoms with Gasteiger partial charge in [0.1, 0.15) is 5.75 Å². The molecule has 7 heteroatoms. The van der Waals surface area contributed by atoms with Gasteiger partial charge in [0.25, 0.3) is 0 Å². The van der Waals surface area contributed by atoms with Gasteiger partial charge in [0, 0.05) is 35.2 Å². The summed E-state index contributed by atoms with van der Waals surface area (Å²) in [4.78, 5) is 16.0. The number of benzene rings is 2. The van der Waals surface area contributed by atoms with Crippen LogP contribution in [0.15, 0.2) is 65.6 Å². The summed E-state index contributed by atoms with van der Waals surface area (Å²) < 4.78 is 5.20. The summed E-state index contributed by atoms with van der Waals surface area (Å²) in [6, 6.07) is 19.7. The number of hydrogen-bond donors (Lipinski definition) is 1. The second kappa shape index (κ2) is 9.83. The number of nitrogens with one attached hydrogen (secondary N) is 1. The maximum absolute atomic E-state index is 12.6. The van der Waals surface area contributed by atoms with Gasteiger partial charge in [-0.05, 0) is 79.8 Å². The van der Waals surface area contributed by atoms with Gasteiger partial charge < -0.3 is 15.0 Å². The highest BCUT2D eigenvalue weighted by molar-refractivity contribution is 7.98. The minimum Gasteiger partial charge on any atom is -0.497 e. The largest absolute Gasteiger partial charge is 0.497 e. The van der Waals surface area contributed by atoms with Crippen molar-refractivity contribution in [3.8, 4) is 17.0 Å². The van der Waals surface area contributed by atoms with Gasteiger partial charge in [0.05, 0.1) is 12.8 Å². The van der Waals surface area contributed by atoms with Gasteiger partial charge in [-0.2, -0.15) is 0 Å². The first-order valence-electron chi connectivity index (χ1n) is 10.3. The maximum Gasteiger partial charge on any atom is 0.227 e. The first-order valence-corrected chi connectivity index (χ1v) is 11.6. The van der Waals surface area contributed by atoms with Crippen molar-refractivity contribution in [2.45, 2.75) is 17.7 Å². The van der Waals surface area contributed by atoms with Crippen LogP contribution in [-0.4, -0.2) is 42.6 Å². The highest BCUT2D eigenvalue weighted by Crippen LogP contribution is 2.25. The molecule has 1 N–H and O–H groups in total. The molecule has 1 aliphatic rings. The molecule has 0 spiro atoms. The van der Waals surface area contributed by atoms with E-state index in [-0.39, 0.29) is 11.8 Å². The molecule has 2 aromatic carbocycles. The number of aromatic nitrogens is 2. The Morgan fingerprint density at radius 2 is 1.71 bits per heavy atom. The molecular formula is C24H26N4O2S. The Hall–Kier alpha value is -3.06. The van der Waals surface area contributed by atoms with Crippen molar-refractivity contribution >= 4 is 29.2 Å². The second-order valence-corrected chi connectivity index (χ2v) is 8.36. The maximum atomic E-state index is 12.6. The van der Waals surface area contributed by atoms with E-state index in [2.05, 4.69) is 20.4 Å². The smallest absolute Gasteiger partial charge is 0.227 e. The van der Waals surface area contributed by atoms with Crippen molar-refractivity contribution in [1.82, 2.24) is 10.2 Å². The topological polar surface area (TPSA) is 67.3 Å². The summed E-state index contributed by atoms with van der Waals surface area (Å²) in [5.74, 6) is 1.78. The molecule has 0 atom stereocenters. The number of amides is 1. The molecule has 31 heavy (non-hydrogen) atoms. The molecule has 1 saturated heterocycles. The number of anilines is 2. The number of carbonyl (C=O) groups is 1. The van der Waals surface area contributed by atoms with Crippen LogP contribution in [-0.2, 0) is 4.79 Å². The van der Waals surface area contributed by atoms with Gasteiger partial charge in [-0.25, -0.2) is 0 Å². The van der Waals surface area contributed by atoms with E-state index >= 15 is 0 Å². The van der Waals surface area contributed by atoms with Gasteiger partial charge in [-0.1, -0.05) is 0 Å². The van der Waals surface area contributed by atoms with Crippen LogP contribution >= 0.6 is 11.8 Å². The quantitative estimate of drug-likeness (QED) is 0.566. The van der Waals surface area contributed by atoms with E-state index < -0.39 is 0 Å². The van der Waals surface area contributed by atoms with Crippen molar-refractivity contribution < 1.29 is 9.53 Å². The summed E-state index contributed by atoms with van der Waals surface area (Å²) in [5.41, 5.74) is 2.68. The predicted molar refractivity (Wildman–Crippen MR) is 126 cm³/mol. The molecule has 0 bridgehead atoms. The summed E-state index contributed by atoms with van der Waals surface area (Å²) in [6.45, 7) is 1.58. The van der Waals surface area contributed by atoms with Crippen LogP contribution in [0.4, 0.5) is 11.5 Å². The Labute approximate surface area is 187 Å².